The molecule has 0 aliphatic heterocycles. The molecule has 6 heteroatoms. The number of nitrogens with one attached hydrogen (secondary N) is 2. The lowest BCUT2D eigenvalue weighted by molar-refractivity contribution is 0.0600. The van der Waals surface area contributed by atoms with E-state index in [0.29, 0.717) is 17.6 Å². The molecule has 4 nitrogen and oxygen atoms in total. The summed E-state index contributed by atoms with van der Waals surface area (Å²) >= 11 is 0. The first-order valence-electron chi connectivity index (χ1n) is 12.6. The van der Waals surface area contributed by atoms with Gasteiger partial charge in [0.25, 0.3) is 0 Å². The van der Waals surface area contributed by atoms with Crippen molar-refractivity contribution in [3.05, 3.63) is 76.9 Å². The summed E-state index contributed by atoms with van der Waals surface area (Å²) in [6.07, 6.45) is 9.90. The molecule has 0 saturated heterocycles. The van der Waals surface area contributed by atoms with Gasteiger partial charge in [-0.2, -0.15) is 0 Å². The molecule has 2 fully saturated rings. The minimum Gasteiger partial charge on any atom is -0.465 e. The van der Waals surface area contributed by atoms with E-state index in [1.54, 1.807) is 5.57 Å². The Kier molecular flexibility index (Phi) is 12.3. The van der Waals surface area contributed by atoms with Gasteiger partial charge in [-0.05, 0) is 80.2 Å². The molecular weight excluding hydrogens is 479 g/mol. The monoisotopic (exact) mass is 518 g/mol. The van der Waals surface area contributed by atoms with Gasteiger partial charge in [-0.1, -0.05) is 61.0 Å². The predicted octanol–water partition coefficient (Wildman–Crippen LogP) is 6.44. The van der Waals surface area contributed by atoms with Gasteiger partial charge in [-0.25, -0.2) is 4.79 Å². The Morgan fingerprint density at radius 3 is 2.29 bits per heavy atom. The first kappa shape index (κ1) is 29.4. The largest absolute Gasteiger partial charge is 0.465 e. The fourth-order valence-electron chi connectivity index (χ4n) is 5.09. The van der Waals surface area contributed by atoms with Crippen molar-refractivity contribution in [1.29, 1.82) is 0 Å². The number of rotatable bonds is 10. The molecule has 2 atom stereocenters. The Morgan fingerprint density at radius 1 is 0.971 bits per heavy atom. The molecule has 2 aliphatic rings. The fourth-order valence-corrected chi connectivity index (χ4v) is 5.09. The van der Waals surface area contributed by atoms with Gasteiger partial charge in [0.1, 0.15) is 0 Å². The summed E-state index contributed by atoms with van der Waals surface area (Å²) in [7, 11) is 1.41. The van der Waals surface area contributed by atoms with Gasteiger partial charge in [-0.15, -0.1) is 24.8 Å². The quantitative estimate of drug-likeness (QED) is 0.355. The highest BCUT2D eigenvalue weighted by molar-refractivity contribution is 5.89. The Labute approximate surface area is 223 Å². The minimum absolute atomic E-state index is 0. The molecule has 2 aliphatic carbocycles. The molecule has 35 heavy (non-hydrogen) atoms. The zero-order valence-electron chi connectivity index (χ0n) is 20.9. The Bertz CT molecular complexity index is 925. The molecule has 2 aromatic carbocycles. The summed E-state index contributed by atoms with van der Waals surface area (Å²) in [5.74, 6) is 1.24. The van der Waals surface area contributed by atoms with E-state index >= 15 is 0 Å². The van der Waals surface area contributed by atoms with Crippen LogP contribution in [0, 0.1) is 11.8 Å². The second-order valence-electron chi connectivity index (χ2n) is 9.63. The van der Waals surface area contributed by atoms with Gasteiger partial charge < -0.3 is 15.4 Å². The Morgan fingerprint density at radius 2 is 1.66 bits per heavy atom. The van der Waals surface area contributed by atoms with E-state index in [-0.39, 0.29) is 30.8 Å². The summed E-state index contributed by atoms with van der Waals surface area (Å²) in [6, 6.07) is 19.7. The van der Waals surface area contributed by atoms with Crippen LogP contribution in [0.2, 0.25) is 0 Å². The highest BCUT2D eigenvalue weighted by Crippen LogP contribution is 2.40. The molecule has 0 bridgehead atoms. The van der Waals surface area contributed by atoms with Gasteiger partial charge >= 0.3 is 5.97 Å². The van der Waals surface area contributed by atoms with E-state index in [1.165, 1.54) is 50.3 Å². The summed E-state index contributed by atoms with van der Waals surface area (Å²) in [6.45, 7) is 4.30. The smallest absolute Gasteiger partial charge is 0.337 e. The summed E-state index contributed by atoms with van der Waals surface area (Å²) < 4.78 is 4.76. The number of benzene rings is 2. The van der Waals surface area contributed by atoms with Crippen LogP contribution in [0.1, 0.15) is 66.9 Å². The molecule has 2 saturated carbocycles. The number of hydrogen-bond acceptors (Lipinski definition) is 4. The van der Waals surface area contributed by atoms with Gasteiger partial charge in [0.05, 0.1) is 12.7 Å². The number of ether oxygens (including phenoxy) is 1. The van der Waals surface area contributed by atoms with Crippen LogP contribution < -0.4 is 10.6 Å². The van der Waals surface area contributed by atoms with Gasteiger partial charge in [0.2, 0.25) is 0 Å². The summed E-state index contributed by atoms with van der Waals surface area (Å²) in [5.41, 5.74) is 4.73. The average molecular weight is 520 g/mol. The molecule has 2 aromatic rings. The van der Waals surface area contributed by atoms with Gasteiger partial charge in [0.15, 0.2) is 0 Å². The normalized spacial score (nSPS) is 23.5. The van der Waals surface area contributed by atoms with Crippen LogP contribution in [0.15, 0.2) is 60.2 Å². The Hall–Kier alpha value is -1.85. The number of esters is 1. The molecule has 2 N–H and O–H groups in total. The maximum absolute atomic E-state index is 11.6. The maximum atomic E-state index is 11.6. The van der Waals surface area contributed by atoms with E-state index in [1.807, 2.05) is 24.3 Å². The molecule has 0 aromatic heterocycles. The molecule has 0 heterocycles. The second kappa shape index (κ2) is 14.6. The van der Waals surface area contributed by atoms with E-state index < -0.39 is 0 Å². The van der Waals surface area contributed by atoms with Gasteiger partial charge in [0, 0.05) is 18.6 Å². The number of halogens is 2. The minimum atomic E-state index is -0.280. The number of carbonyl (C=O) groups is 1. The van der Waals surface area contributed by atoms with E-state index in [9.17, 15) is 4.79 Å². The van der Waals surface area contributed by atoms with Crippen LogP contribution >= 0.6 is 24.8 Å². The molecule has 0 unspecified atom stereocenters. The summed E-state index contributed by atoms with van der Waals surface area (Å²) in [5, 5.41) is 7.58. The van der Waals surface area contributed by atoms with Crippen molar-refractivity contribution in [2.24, 2.45) is 11.8 Å². The zero-order valence-corrected chi connectivity index (χ0v) is 22.5. The lowest BCUT2D eigenvalue weighted by Gasteiger charge is -2.29. The molecule has 4 rings (SSSR count). The van der Waals surface area contributed by atoms with Crippen molar-refractivity contribution in [1.82, 2.24) is 10.6 Å². The number of hydrogen-bond donors (Lipinski definition) is 2. The predicted molar refractivity (Wildman–Crippen MR) is 149 cm³/mol. The highest BCUT2D eigenvalue weighted by atomic mass is 35.5. The van der Waals surface area contributed by atoms with Crippen LogP contribution in [-0.2, 0) is 11.3 Å². The van der Waals surface area contributed by atoms with Crippen LogP contribution in [0.4, 0.5) is 0 Å². The average Bonchev–Trinajstić information content (AvgIpc) is 3.65. The number of methoxy groups -OCH3 is 1. The molecular formula is C29H40Cl2N2O2. The SMILES string of the molecule is CC/C(=C\c1ccccc1)[C@@H]1C[C@H]1NC[C@H]1CC[C@H](NCc2ccc(C(=O)OC)cc2)CC1.Cl.Cl. The van der Waals surface area contributed by atoms with Gasteiger partial charge in [-0.3, -0.25) is 0 Å². The van der Waals surface area contributed by atoms with Crippen LogP contribution in [0.5, 0.6) is 0 Å². The van der Waals surface area contributed by atoms with Crippen LogP contribution in [0.3, 0.4) is 0 Å². The van der Waals surface area contributed by atoms with Crippen LogP contribution in [-0.4, -0.2) is 31.7 Å². The molecule has 0 spiro atoms. The Balaban J connectivity index is 0.00000216. The molecule has 0 radical (unpaired) electrons. The molecule has 192 valence electrons. The third-order valence-electron chi connectivity index (χ3n) is 7.31. The second-order valence-corrected chi connectivity index (χ2v) is 9.63. The van der Waals surface area contributed by atoms with Crippen molar-refractivity contribution in [3.8, 4) is 0 Å². The third-order valence-corrected chi connectivity index (χ3v) is 7.31. The van der Waals surface area contributed by atoms with E-state index in [0.717, 1.165) is 31.3 Å². The maximum Gasteiger partial charge on any atom is 0.337 e. The van der Waals surface area contributed by atoms with E-state index in [2.05, 4.69) is 54.0 Å². The van der Waals surface area contributed by atoms with Crippen molar-refractivity contribution >= 4 is 36.9 Å². The molecule has 0 amide bonds. The van der Waals surface area contributed by atoms with Crippen molar-refractivity contribution in [3.63, 3.8) is 0 Å². The first-order chi connectivity index (χ1) is 16.2. The van der Waals surface area contributed by atoms with Crippen molar-refractivity contribution in [2.45, 2.75) is 64.1 Å². The topological polar surface area (TPSA) is 50.4 Å². The zero-order chi connectivity index (χ0) is 23.0. The summed E-state index contributed by atoms with van der Waals surface area (Å²) in [4.78, 5) is 11.6. The third kappa shape index (κ3) is 8.64. The van der Waals surface area contributed by atoms with Crippen LogP contribution in [0.25, 0.3) is 6.08 Å². The number of carbonyl (C=O) groups excluding carboxylic acids is 1. The standard InChI is InChI=1S/C29H38N2O2.2ClH/c1-3-24(17-21-7-5-4-6-8-21)27-18-28(27)31-20-23-11-15-26(16-12-23)30-19-22-9-13-25(14-10-22)29(32)33-2;;/h4-10,13-14,17,23,26-28,30-31H,3,11-12,15-16,18-20H2,1-2H3;2*1H/b24-17+;;/t23-,26-,27-,28+;;/m0../s1. The lowest BCUT2D eigenvalue weighted by Crippen LogP contribution is -2.36. The fraction of sp³-hybridized carbons (Fsp3) is 0.483. The van der Waals surface area contributed by atoms with Crippen molar-refractivity contribution < 1.29 is 9.53 Å². The lowest BCUT2D eigenvalue weighted by atomic mass is 9.86. The highest BCUT2D eigenvalue weighted by Gasteiger charge is 2.39. The van der Waals surface area contributed by atoms with Crippen molar-refractivity contribution in [2.75, 3.05) is 13.7 Å². The van der Waals surface area contributed by atoms with E-state index in [4.69, 9.17) is 4.74 Å². The first-order valence-corrected chi connectivity index (χ1v) is 12.6.